The van der Waals surface area contributed by atoms with Crippen LogP contribution in [-0.4, -0.2) is 53.5 Å². The molecule has 4 aliphatic heterocycles. The number of carbonyl (C=O) groups excluding carboxylic acids is 3. The normalized spacial score (nSPS) is 38.6. The Bertz CT molecular complexity index is 854. The fourth-order valence-corrected chi connectivity index (χ4v) is 5.96. The molecule has 8 heteroatoms. The van der Waals surface area contributed by atoms with Crippen LogP contribution in [0, 0.1) is 11.8 Å². The van der Waals surface area contributed by atoms with E-state index in [4.69, 9.17) is 4.74 Å². The lowest BCUT2D eigenvalue weighted by Crippen LogP contribution is -2.53. The molecule has 1 aromatic rings. The molecular formula is C20H23N3O4S. The van der Waals surface area contributed by atoms with Gasteiger partial charge in [-0.3, -0.25) is 14.4 Å². The minimum Gasteiger partial charge on any atom is -0.360 e. The van der Waals surface area contributed by atoms with Gasteiger partial charge in [0.1, 0.15) is 5.60 Å². The zero-order valence-corrected chi connectivity index (χ0v) is 16.4. The summed E-state index contributed by atoms with van der Waals surface area (Å²) >= 11 is 1.56. The van der Waals surface area contributed by atoms with Crippen LogP contribution in [0.5, 0.6) is 0 Å². The van der Waals surface area contributed by atoms with Gasteiger partial charge in [0.05, 0.1) is 36.6 Å². The van der Waals surface area contributed by atoms with Gasteiger partial charge in [-0.2, -0.15) is 0 Å². The van der Waals surface area contributed by atoms with Gasteiger partial charge in [0.2, 0.25) is 17.7 Å². The zero-order chi connectivity index (χ0) is 19.5. The van der Waals surface area contributed by atoms with Gasteiger partial charge in [-0.05, 0) is 24.8 Å². The summed E-state index contributed by atoms with van der Waals surface area (Å²) in [6.45, 7) is 3.07. The molecule has 2 bridgehead atoms. The van der Waals surface area contributed by atoms with Gasteiger partial charge in [-0.1, -0.05) is 18.2 Å². The molecule has 0 saturated carbocycles. The summed E-state index contributed by atoms with van der Waals surface area (Å²) in [6, 6.07) is 3.48. The lowest BCUT2D eigenvalue weighted by atomic mass is 9.76. The molecule has 0 radical (unpaired) electrons. The first kappa shape index (κ1) is 17.9. The molecule has 5 heterocycles. The number of thiophene rings is 1. The van der Waals surface area contributed by atoms with Crippen LogP contribution in [0.2, 0.25) is 0 Å². The molecule has 2 N–H and O–H groups in total. The van der Waals surface area contributed by atoms with Crippen molar-refractivity contribution >= 4 is 29.1 Å². The molecular weight excluding hydrogens is 378 g/mol. The van der Waals surface area contributed by atoms with E-state index in [1.807, 2.05) is 36.6 Å². The van der Waals surface area contributed by atoms with Gasteiger partial charge < -0.3 is 20.3 Å². The third kappa shape index (κ3) is 2.54. The molecule has 28 heavy (non-hydrogen) atoms. The van der Waals surface area contributed by atoms with E-state index in [2.05, 4.69) is 10.6 Å². The highest BCUT2D eigenvalue weighted by Crippen LogP contribution is 2.51. The topological polar surface area (TPSA) is 87.7 Å². The summed E-state index contributed by atoms with van der Waals surface area (Å²) in [5, 5.41) is 8.10. The minimum absolute atomic E-state index is 0.00116. The first-order chi connectivity index (χ1) is 13.5. The summed E-state index contributed by atoms with van der Waals surface area (Å²) < 4.78 is 6.12. The molecule has 3 amide bonds. The van der Waals surface area contributed by atoms with E-state index in [0.717, 1.165) is 4.88 Å². The van der Waals surface area contributed by atoms with Gasteiger partial charge in [-0.15, -0.1) is 11.3 Å². The van der Waals surface area contributed by atoms with Crippen LogP contribution < -0.4 is 10.6 Å². The Hall–Kier alpha value is -2.19. The number of likely N-dealkylation sites (N-methyl/N-ethyl adjacent to an activating group) is 1. The van der Waals surface area contributed by atoms with E-state index in [1.54, 1.807) is 16.2 Å². The molecule has 1 spiro atoms. The first-order valence-corrected chi connectivity index (χ1v) is 10.7. The van der Waals surface area contributed by atoms with Gasteiger partial charge in [0.15, 0.2) is 0 Å². The number of rotatable bonds is 4. The standard InChI is InChI=1S/C20H23N3O4S/c1-2-23-10-20-8-7-12(27-20)15(16(20)19(23)26)18(25)21-11-5-6-14(24)22-17(11)13-4-3-9-28-13/h3-4,7-9,11-12,15-17H,2,5-6,10H2,1H3,(H,21,25)(H,22,24)/t11-,12?,15?,16?,17-,20?/m1/s1. The van der Waals surface area contributed by atoms with Crippen LogP contribution in [0.4, 0.5) is 0 Å². The Morgan fingerprint density at radius 3 is 3.07 bits per heavy atom. The fraction of sp³-hybridized carbons (Fsp3) is 0.550. The van der Waals surface area contributed by atoms with Crippen molar-refractivity contribution in [3.8, 4) is 0 Å². The van der Waals surface area contributed by atoms with Crippen LogP contribution in [0.1, 0.15) is 30.7 Å². The molecule has 4 unspecified atom stereocenters. The summed E-state index contributed by atoms with van der Waals surface area (Å²) in [5.74, 6) is -1.13. The maximum absolute atomic E-state index is 13.3. The van der Waals surface area contributed by atoms with Gasteiger partial charge in [-0.25, -0.2) is 0 Å². The molecule has 7 nitrogen and oxygen atoms in total. The summed E-state index contributed by atoms with van der Waals surface area (Å²) in [4.78, 5) is 40.9. The highest BCUT2D eigenvalue weighted by atomic mass is 32.1. The minimum atomic E-state index is -0.659. The van der Waals surface area contributed by atoms with E-state index < -0.39 is 17.4 Å². The first-order valence-electron chi connectivity index (χ1n) is 9.81. The molecule has 3 saturated heterocycles. The maximum atomic E-state index is 13.3. The van der Waals surface area contributed by atoms with Crippen LogP contribution in [0.25, 0.3) is 0 Å². The molecule has 3 fully saturated rings. The maximum Gasteiger partial charge on any atom is 0.230 e. The van der Waals surface area contributed by atoms with Crippen molar-refractivity contribution in [2.75, 3.05) is 13.1 Å². The Balaban J connectivity index is 1.37. The zero-order valence-electron chi connectivity index (χ0n) is 15.6. The molecule has 1 aromatic heterocycles. The van der Waals surface area contributed by atoms with Crippen LogP contribution in [-0.2, 0) is 19.1 Å². The van der Waals surface area contributed by atoms with Crippen molar-refractivity contribution in [2.45, 2.75) is 43.6 Å². The smallest absolute Gasteiger partial charge is 0.230 e. The molecule has 5 rings (SSSR count). The van der Waals surface area contributed by atoms with E-state index in [1.165, 1.54) is 0 Å². The van der Waals surface area contributed by atoms with E-state index >= 15 is 0 Å². The third-order valence-electron chi connectivity index (χ3n) is 6.44. The monoisotopic (exact) mass is 401 g/mol. The molecule has 6 atom stereocenters. The largest absolute Gasteiger partial charge is 0.360 e. The lowest BCUT2D eigenvalue weighted by Gasteiger charge is -2.34. The second-order valence-electron chi connectivity index (χ2n) is 7.97. The average molecular weight is 401 g/mol. The van der Waals surface area contributed by atoms with Crippen molar-refractivity contribution in [2.24, 2.45) is 11.8 Å². The number of fused-ring (bicyclic) bond motifs is 1. The number of nitrogens with one attached hydrogen (secondary N) is 2. The van der Waals surface area contributed by atoms with Crippen LogP contribution >= 0.6 is 11.3 Å². The number of likely N-dealkylation sites (tertiary alicyclic amines) is 1. The number of nitrogens with zero attached hydrogens (tertiary/aromatic N) is 1. The predicted octanol–water partition coefficient (Wildman–Crippen LogP) is 0.986. The Labute approximate surface area is 167 Å². The highest BCUT2D eigenvalue weighted by molar-refractivity contribution is 7.10. The predicted molar refractivity (Wildman–Crippen MR) is 102 cm³/mol. The SMILES string of the molecule is CCN1CC23C=CC(O2)C(C(=O)N[C@@H]2CCC(=O)N[C@H]2c2cccs2)C3C1=O. The van der Waals surface area contributed by atoms with E-state index in [0.29, 0.717) is 25.9 Å². The number of carbonyl (C=O) groups is 3. The molecule has 4 aliphatic rings. The Morgan fingerprint density at radius 2 is 2.32 bits per heavy atom. The Morgan fingerprint density at radius 1 is 1.46 bits per heavy atom. The number of hydrogen-bond donors (Lipinski definition) is 2. The molecule has 0 aromatic carbocycles. The fourth-order valence-electron chi connectivity index (χ4n) is 5.12. The van der Waals surface area contributed by atoms with Crippen molar-refractivity contribution in [3.05, 3.63) is 34.5 Å². The van der Waals surface area contributed by atoms with Gasteiger partial charge in [0, 0.05) is 17.8 Å². The number of amides is 3. The van der Waals surface area contributed by atoms with Crippen molar-refractivity contribution in [1.29, 1.82) is 0 Å². The highest BCUT2D eigenvalue weighted by Gasteiger charge is 2.66. The van der Waals surface area contributed by atoms with Crippen molar-refractivity contribution < 1.29 is 19.1 Å². The van der Waals surface area contributed by atoms with Crippen LogP contribution in [0.3, 0.4) is 0 Å². The van der Waals surface area contributed by atoms with E-state index in [-0.39, 0.29) is 35.9 Å². The molecule has 148 valence electrons. The quantitative estimate of drug-likeness (QED) is 0.737. The average Bonchev–Trinajstić information content (AvgIpc) is 3.44. The second kappa shape index (κ2) is 6.42. The summed E-state index contributed by atoms with van der Waals surface area (Å²) in [5.41, 5.74) is -0.659. The number of ether oxygens (including phenoxy) is 1. The van der Waals surface area contributed by atoms with Crippen molar-refractivity contribution in [3.63, 3.8) is 0 Å². The number of hydrogen-bond acceptors (Lipinski definition) is 5. The van der Waals surface area contributed by atoms with Gasteiger partial charge in [0.25, 0.3) is 0 Å². The van der Waals surface area contributed by atoms with Crippen LogP contribution in [0.15, 0.2) is 29.7 Å². The molecule has 0 aliphatic carbocycles. The number of piperidine rings is 1. The van der Waals surface area contributed by atoms with E-state index in [9.17, 15) is 14.4 Å². The Kier molecular flexibility index (Phi) is 4.10. The lowest BCUT2D eigenvalue weighted by molar-refractivity contribution is -0.138. The van der Waals surface area contributed by atoms with Crippen molar-refractivity contribution in [1.82, 2.24) is 15.5 Å². The summed E-state index contributed by atoms with van der Waals surface area (Å²) in [7, 11) is 0. The summed E-state index contributed by atoms with van der Waals surface area (Å²) in [6.07, 6.45) is 4.50. The third-order valence-corrected chi connectivity index (χ3v) is 7.40. The van der Waals surface area contributed by atoms with Gasteiger partial charge >= 0.3 is 0 Å². The second-order valence-corrected chi connectivity index (χ2v) is 8.95.